The Morgan fingerprint density at radius 2 is 1.12 bits per heavy atom. The molecule has 146 valence electrons. The molecule has 0 saturated carbocycles. The third-order valence-corrected chi connectivity index (χ3v) is 1.45. The zero-order chi connectivity index (χ0) is 20.8. The Morgan fingerprint density at radius 3 is 1.12 bits per heavy atom. The number of hydrogen-bond donors (Lipinski definition) is 6. The van der Waals surface area contributed by atoms with Crippen molar-refractivity contribution in [1.29, 1.82) is 0 Å². The normalized spacial score (nSPS) is 12.6. The molecule has 0 aromatic carbocycles. The number of carboxylic acids is 3. The van der Waals surface area contributed by atoms with Crippen molar-refractivity contribution in [2.24, 2.45) is 0 Å². The number of epoxide rings is 1. The number of aliphatic hydroxyl groups is 3. The van der Waals surface area contributed by atoms with Crippen molar-refractivity contribution in [2.45, 2.75) is 19.1 Å². The predicted octanol–water partition coefficient (Wildman–Crippen LogP) is -0.492. The Labute approximate surface area is 145 Å². The van der Waals surface area contributed by atoms with Gasteiger partial charge in [0.1, 0.15) is 6.10 Å². The lowest BCUT2D eigenvalue weighted by Gasteiger charge is -1.96. The van der Waals surface area contributed by atoms with Gasteiger partial charge in [0.05, 0.1) is 25.9 Å². The van der Waals surface area contributed by atoms with Crippen LogP contribution in [0, 0.1) is 0 Å². The minimum atomic E-state index is -0.981. The second-order valence-corrected chi connectivity index (χ2v) is 3.79. The third-order valence-electron chi connectivity index (χ3n) is 1.45. The first-order valence-corrected chi connectivity index (χ1v) is 6.59. The maximum atomic E-state index is 9.25. The van der Waals surface area contributed by atoms with Gasteiger partial charge in [0.15, 0.2) is 0 Å². The summed E-state index contributed by atoms with van der Waals surface area (Å²) in [5.74, 6) is -2.94. The average Bonchev–Trinajstić information content (AvgIpc) is 3.38. The number of rotatable bonds is 5. The van der Waals surface area contributed by atoms with Gasteiger partial charge in [0, 0.05) is 18.2 Å². The van der Waals surface area contributed by atoms with E-state index in [1.807, 2.05) is 0 Å². The molecule has 0 radical (unpaired) electrons. The predicted molar refractivity (Wildman–Crippen MR) is 89.1 cm³/mol. The van der Waals surface area contributed by atoms with Crippen LogP contribution in [-0.2, 0) is 19.1 Å². The molecular weight excluding hydrogens is 340 g/mol. The summed E-state index contributed by atoms with van der Waals surface area (Å²) in [5, 5.41) is 46.8. The third kappa shape index (κ3) is 74.2. The first kappa shape index (κ1) is 30.4. The topological polar surface area (TPSA) is 185 Å². The summed E-state index contributed by atoms with van der Waals surface area (Å²) < 4.78 is 4.71. The van der Waals surface area contributed by atoms with Gasteiger partial charge in [0.25, 0.3) is 0 Å². The van der Waals surface area contributed by atoms with E-state index in [0.717, 1.165) is 24.8 Å². The van der Waals surface area contributed by atoms with Gasteiger partial charge in [-0.3, -0.25) is 0 Å². The second kappa shape index (κ2) is 23.7. The van der Waals surface area contributed by atoms with Crippen LogP contribution in [0.2, 0.25) is 0 Å². The fraction of sp³-hybridized carbons (Fsp3) is 0.400. The largest absolute Gasteiger partial charge is 0.478 e. The molecule has 0 spiro atoms. The Kier molecular flexibility index (Phi) is 28.8. The van der Waals surface area contributed by atoms with Gasteiger partial charge in [-0.15, -0.1) is 0 Å². The highest BCUT2D eigenvalue weighted by atomic mass is 16.6. The van der Waals surface area contributed by atoms with Crippen molar-refractivity contribution >= 4 is 17.9 Å². The average molecular weight is 366 g/mol. The van der Waals surface area contributed by atoms with Crippen molar-refractivity contribution in [2.75, 3.05) is 19.8 Å². The van der Waals surface area contributed by atoms with Crippen LogP contribution in [0.3, 0.4) is 0 Å². The Balaban J connectivity index is -0.000000111. The molecule has 0 aliphatic carbocycles. The van der Waals surface area contributed by atoms with E-state index in [1.54, 1.807) is 0 Å². The van der Waals surface area contributed by atoms with E-state index in [1.165, 1.54) is 0 Å². The van der Waals surface area contributed by atoms with E-state index in [0.29, 0.717) is 6.10 Å². The van der Waals surface area contributed by atoms with Crippen molar-refractivity contribution in [1.82, 2.24) is 0 Å². The molecule has 1 aliphatic rings. The van der Waals surface area contributed by atoms with Crippen molar-refractivity contribution in [3.63, 3.8) is 0 Å². The van der Waals surface area contributed by atoms with Gasteiger partial charge in [-0.1, -0.05) is 19.7 Å². The fourth-order valence-electron chi connectivity index (χ4n) is 0.154. The second-order valence-electron chi connectivity index (χ2n) is 3.79. The zero-order valence-corrected chi connectivity index (χ0v) is 13.9. The molecule has 6 N–H and O–H groups in total. The van der Waals surface area contributed by atoms with Crippen LogP contribution < -0.4 is 0 Å². The smallest absolute Gasteiger partial charge is 0.327 e. The molecular formula is C15H26O10. The summed E-state index contributed by atoms with van der Waals surface area (Å²) in [7, 11) is 0. The monoisotopic (exact) mass is 366 g/mol. The van der Waals surface area contributed by atoms with Gasteiger partial charge >= 0.3 is 17.9 Å². The summed E-state index contributed by atoms with van der Waals surface area (Å²) in [6.45, 7) is 11.2. The number of hydrogen-bond acceptors (Lipinski definition) is 7. The SMILES string of the molecule is C=CC(=O)O.C=CC(=O)O.C=CC(=O)O.CC1CO1.OCC(O)CO. The van der Waals surface area contributed by atoms with E-state index in [9.17, 15) is 14.4 Å². The van der Waals surface area contributed by atoms with Crippen molar-refractivity contribution in [3.05, 3.63) is 38.0 Å². The van der Waals surface area contributed by atoms with E-state index in [4.69, 9.17) is 35.4 Å². The number of aliphatic hydroxyl groups excluding tert-OH is 3. The number of ether oxygens (including phenoxy) is 1. The van der Waals surface area contributed by atoms with E-state index in [2.05, 4.69) is 26.7 Å². The molecule has 0 aromatic heterocycles. The standard InChI is InChI=1S/C3H8O3.3C3H4O2.C3H6O/c4-1-3(6)2-5;3*1-2-3(4)5;1-3-2-4-3/h3-6H,1-2H2;3*2H,1H2,(H,4,5);3H,2H2,1H3. The molecule has 1 unspecified atom stereocenters. The van der Waals surface area contributed by atoms with Gasteiger partial charge in [0.2, 0.25) is 0 Å². The summed E-state index contributed by atoms with van der Waals surface area (Å²) in [6, 6.07) is 0. The lowest BCUT2D eigenvalue weighted by molar-refractivity contribution is -0.132. The molecule has 10 nitrogen and oxygen atoms in total. The number of carboxylic acid groups (broad SMARTS) is 3. The van der Waals surface area contributed by atoms with Crippen molar-refractivity contribution in [3.8, 4) is 0 Å². The molecule has 1 saturated heterocycles. The molecule has 1 rings (SSSR count). The summed E-state index contributed by atoms with van der Waals surface area (Å²) in [6.07, 6.45) is 2.13. The maximum absolute atomic E-state index is 9.25. The first-order chi connectivity index (χ1) is 11.5. The molecule has 10 heteroatoms. The first-order valence-electron chi connectivity index (χ1n) is 6.59. The molecule has 0 bridgehead atoms. The van der Waals surface area contributed by atoms with Gasteiger partial charge < -0.3 is 35.4 Å². The van der Waals surface area contributed by atoms with Crippen LogP contribution in [0.5, 0.6) is 0 Å². The molecule has 0 amide bonds. The van der Waals surface area contributed by atoms with Crippen LogP contribution in [0.15, 0.2) is 38.0 Å². The van der Waals surface area contributed by atoms with Gasteiger partial charge in [-0.05, 0) is 6.92 Å². The van der Waals surface area contributed by atoms with Crippen LogP contribution in [-0.4, -0.2) is 80.6 Å². The highest BCUT2D eigenvalue weighted by Crippen LogP contribution is 2.04. The summed E-state index contributed by atoms with van der Waals surface area (Å²) in [5.41, 5.74) is 0. The number of carbonyl (C=O) groups is 3. The highest BCUT2D eigenvalue weighted by molar-refractivity contribution is 5.79. The van der Waals surface area contributed by atoms with E-state index >= 15 is 0 Å². The molecule has 1 fully saturated rings. The fourth-order valence-corrected chi connectivity index (χ4v) is 0.154. The van der Waals surface area contributed by atoms with E-state index < -0.39 is 24.0 Å². The van der Waals surface area contributed by atoms with Crippen LogP contribution >= 0.6 is 0 Å². The molecule has 1 heterocycles. The lowest BCUT2D eigenvalue weighted by Crippen LogP contribution is -2.15. The Morgan fingerprint density at radius 1 is 0.960 bits per heavy atom. The summed E-state index contributed by atoms with van der Waals surface area (Å²) in [4.78, 5) is 27.8. The van der Waals surface area contributed by atoms with Crippen LogP contribution in [0.25, 0.3) is 0 Å². The van der Waals surface area contributed by atoms with Crippen molar-refractivity contribution < 1.29 is 49.8 Å². The minimum absolute atomic E-state index is 0.365. The summed E-state index contributed by atoms with van der Waals surface area (Å²) >= 11 is 0. The van der Waals surface area contributed by atoms with Crippen LogP contribution in [0.1, 0.15) is 6.92 Å². The van der Waals surface area contributed by atoms with Gasteiger partial charge in [-0.2, -0.15) is 0 Å². The Hall–Kier alpha value is -2.53. The maximum Gasteiger partial charge on any atom is 0.327 e. The lowest BCUT2D eigenvalue weighted by atomic mass is 10.4. The molecule has 0 aromatic rings. The van der Waals surface area contributed by atoms with Crippen LogP contribution in [0.4, 0.5) is 0 Å². The quantitative estimate of drug-likeness (QED) is 0.274. The zero-order valence-electron chi connectivity index (χ0n) is 13.9. The molecule has 1 aliphatic heterocycles. The van der Waals surface area contributed by atoms with Gasteiger partial charge in [-0.25, -0.2) is 14.4 Å². The molecule has 25 heavy (non-hydrogen) atoms. The molecule has 1 atom stereocenters. The minimum Gasteiger partial charge on any atom is -0.478 e. The Bertz CT molecular complexity index is 341. The van der Waals surface area contributed by atoms with E-state index in [-0.39, 0.29) is 13.2 Å². The highest BCUT2D eigenvalue weighted by Gasteiger charge is 2.13. The number of aliphatic carboxylic acids is 3.